The first kappa shape index (κ1) is 33.4. The molecule has 44 heavy (non-hydrogen) atoms. The molecule has 2 aromatic carbocycles. The molecule has 2 fully saturated rings. The van der Waals surface area contributed by atoms with Crippen LogP contribution >= 0.6 is 48.0 Å². The average Bonchev–Trinajstić information content (AvgIpc) is 3.44. The molecule has 2 aromatic rings. The molecule has 2 N–H and O–H groups in total. The summed E-state index contributed by atoms with van der Waals surface area (Å²) in [6.45, 7) is 5.41. The number of amides is 4. The van der Waals surface area contributed by atoms with Crippen molar-refractivity contribution >= 4 is 91.6 Å². The molecular formula is C30H32N4O6S4. The maximum Gasteiger partial charge on any atom is 0.267 e. The van der Waals surface area contributed by atoms with Gasteiger partial charge in [0.05, 0.1) is 23.0 Å². The molecule has 0 radical (unpaired) electrons. The van der Waals surface area contributed by atoms with Crippen molar-refractivity contribution < 1.29 is 28.7 Å². The van der Waals surface area contributed by atoms with E-state index in [9.17, 15) is 19.2 Å². The first-order valence-corrected chi connectivity index (χ1v) is 16.5. The van der Waals surface area contributed by atoms with Crippen molar-refractivity contribution in [2.24, 2.45) is 0 Å². The minimum absolute atomic E-state index is 0.186. The van der Waals surface area contributed by atoms with Crippen LogP contribution in [0.25, 0.3) is 0 Å². The van der Waals surface area contributed by atoms with Crippen molar-refractivity contribution in [1.82, 2.24) is 9.80 Å². The first-order chi connectivity index (χ1) is 21.2. The van der Waals surface area contributed by atoms with E-state index in [1.165, 1.54) is 9.80 Å². The third kappa shape index (κ3) is 8.80. The van der Waals surface area contributed by atoms with Gasteiger partial charge in [0.25, 0.3) is 11.8 Å². The van der Waals surface area contributed by atoms with E-state index in [-0.39, 0.29) is 59.4 Å². The standard InChI is InChI=1S/C30H32N4O6S4/c1-3-39-21-13-9-19(10-14-21)31-23(35)7-5-17-33-27(37)25(43-29(33)41)26-28(38)34(30(42)44-26)18-6-8-24(36)32-20-11-15-22(16-12-20)40-4-2/h9-16H,3-8,17-18H2,1-2H3,(H,31,35)(H,32,36)/b26-25+. The highest BCUT2D eigenvalue weighted by atomic mass is 32.2. The van der Waals surface area contributed by atoms with Crippen molar-refractivity contribution in [1.29, 1.82) is 0 Å². The van der Waals surface area contributed by atoms with Gasteiger partial charge in [-0.25, -0.2) is 0 Å². The van der Waals surface area contributed by atoms with Crippen molar-refractivity contribution in [2.45, 2.75) is 39.5 Å². The zero-order valence-corrected chi connectivity index (χ0v) is 27.5. The predicted molar refractivity (Wildman–Crippen MR) is 182 cm³/mol. The van der Waals surface area contributed by atoms with Crippen LogP contribution in [0.15, 0.2) is 58.3 Å². The highest BCUT2D eigenvalue weighted by Crippen LogP contribution is 2.42. The maximum atomic E-state index is 13.2. The third-order valence-electron chi connectivity index (χ3n) is 6.37. The summed E-state index contributed by atoms with van der Waals surface area (Å²) >= 11 is 13.0. The van der Waals surface area contributed by atoms with E-state index in [0.717, 1.165) is 35.0 Å². The average molecular weight is 673 g/mol. The van der Waals surface area contributed by atoms with E-state index in [1.807, 2.05) is 13.8 Å². The molecule has 0 unspecified atom stereocenters. The van der Waals surface area contributed by atoms with Crippen LogP contribution in [0.5, 0.6) is 11.5 Å². The van der Waals surface area contributed by atoms with Gasteiger partial charge in [-0.15, -0.1) is 0 Å². The fraction of sp³-hybridized carbons (Fsp3) is 0.333. The number of hydrogen-bond acceptors (Lipinski definition) is 10. The van der Waals surface area contributed by atoms with E-state index in [2.05, 4.69) is 10.6 Å². The van der Waals surface area contributed by atoms with Crippen LogP contribution in [0.2, 0.25) is 0 Å². The Morgan fingerprint density at radius 3 is 1.39 bits per heavy atom. The third-order valence-corrected chi connectivity index (χ3v) is 9.40. The highest BCUT2D eigenvalue weighted by molar-refractivity contribution is 8.29. The number of thiocarbonyl (C=S) groups is 2. The van der Waals surface area contributed by atoms with Gasteiger partial charge in [0.2, 0.25) is 11.8 Å². The number of benzene rings is 2. The van der Waals surface area contributed by atoms with Crippen LogP contribution < -0.4 is 20.1 Å². The smallest absolute Gasteiger partial charge is 0.267 e. The number of rotatable bonds is 14. The maximum absolute atomic E-state index is 13.2. The number of nitrogens with one attached hydrogen (secondary N) is 2. The molecule has 0 aromatic heterocycles. The van der Waals surface area contributed by atoms with Crippen molar-refractivity contribution in [3.8, 4) is 11.5 Å². The Morgan fingerprint density at radius 1 is 0.682 bits per heavy atom. The molecule has 2 aliphatic rings. The van der Waals surface area contributed by atoms with Gasteiger partial charge in [0, 0.05) is 37.3 Å². The summed E-state index contributed by atoms with van der Waals surface area (Å²) in [5.74, 6) is 0.326. The Hall–Kier alpha value is -3.46. The fourth-order valence-corrected chi connectivity index (χ4v) is 7.07. The lowest BCUT2D eigenvalue weighted by Gasteiger charge is -2.15. The molecule has 0 bridgehead atoms. The van der Waals surface area contributed by atoms with E-state index in [0.29, 0.717) is 46.1 Å². The molecule has 0 atom stereocenters. The number of nitrogens with zero attached hydrogens (tertiary/aromatic N) is 2. The molecule has 4 rings (SSSR count). The number of thioether (sulfide) groups is 2. The van der Waals surface area contributed by atoms with Gasteiger partial charge in [-0.3, -0.25) is 29.0 Å². The summed E-state index contributed by atoms with van der Waals surface area (Å²) in [4.78, 5) is 54.5. The summed E-state index contributed by atoms with van der Waals surface area (Å²) in [7, 11) is 0. The lowest BCUT2D eigenvalue weighted by atomic mass is 10.2. The molecule has 2 aliphatic heterocycles. The van der Waals surface area contributed by atoms with E-state index in [1.54, 1.807) is 48.5 Å². The number of carbonyl (C=O) groups is 4. The lowest BCUT2D eigenvalue weighted by molar-refractivity contribution is -0.124. The number of ether oxygens (including phenoxy) is 2. The van der Waals surface area contributed by atoms with E-state index < -0.39 is 0 Å². The summed E-state index contributed by atoms with van der Waals surface area (Å²) < 4.78 is 11.5. The minimum atomic E-state index is -0.373. The summed E-state index contributed by atoms with van der Waals surface area (Å²) in [6.07, 6.45) is 1.16. The summed E-state index contributed by atoms with van der Waals surface area (Å²) in [5.41, 5.74) is 1.30. The highest BCUT2D eigenvalue weighted by Gasteiger charge is 2.41. The van der Waals surface area contributed by atoms with Gasteiger partial charge < -0.3 is 20.1 Å². The normalized spacial score (nSPS) is 16.5. The molecule has 0 spiro atoms. The van der Waals surface area contributed by atoms with Crippen LogP contribution in [0.3, 0.4) is 0 Å². The molecule has 2 saturated heterocycles. The van der Waals surface area contributed by atoms with Gasteiger partial charge in [0.1, 0.15) is 20.1 Å². The Balaban J connectivity index is 1.24. The SMILES string of the molecule is CCOc1ccc(NC(=O)CCCN2C(=O)/C(=C3\SC(=S)N(CCCC(=O)Nc4ccc(OCC)cc4)C3=O)SC2=S)cc1. The monoisotopic (exact) mass is 672 g/mol. The number of carbonyl (C=O) groups excluding carboxylic acids is 4. The molecular weight excluding hydrogens is 641 g/mol. The Kier molecular flexibility index (Phi) is 12.2. The fourth-order valence-electron chi connectivity index (χ4n) is 4.30. The van der Waals surface area contributed by atoms with E-state index in [4.69, 9.17) is 33.9 Å². The Morgan fingerprint density at radius 2 is 1.05 bits per heavy atom. The van der Waals surface area contributed by atoms with Crippen LogP contribution in [-0.4, -0.2) is 68.4 Å². The van der Waals surface area contributed by atoms with Crippen LogP contribution in [0, 0.1) is 0 Å². The van der Waals surface area contributed by atoms with Crippen molar-refractivity contribution in [2.75, 3.05) is 36.9 Å². The molecule has 232 valence electrons. The molecule has 0 aliphatic carbocycles. The zero-order chi connectivity index (χ0) is 31.6. The van der Waals surface area contributed by atoms with Crippen molar-refractivity contribution in [3.05, 3.63) is 58.3 Å². The summed E-state index contributed by atoms with van der Waals surface area (Å²) in [5, 5.41) is 5.65. The largest absolute Gasteiger partial charge is 0.494 e. The van der Waals surface area contributed by atoms with Gasteiger partial charge in [0.15, 0.2) is 0 Å². The predicted octanol–water partition coefficient (Wildman–Crippen LogP) is 5.55. The van der Waals surface area contributed by atoms with Crippen LogP contribution in [0.1, 0.15) is 39.5 Å². The molecule has 0 saturated carbocycles. The second-order valence-corrected chi connectivity index (χ2v) is 12.8. The first-order valence-electron chi connectivity index (χ1n) is 14.1. The van der Waals surface area contributed by atoms with Gasteiger partial charge in [-0.1, -0.05) is 48.0 Å². The molecule has 4 amide bonds. The molecule has 2 heterocycles. The summed E-state index contributed by atoms with van der Waals surface area (Å²) in [6, 6.07) is 14.2. The Labute approximate surface area is 275 Å². The van der Waals surface area contributed by atoms with Crippen LogP contribution in [-0.2, 0) is 19.2 Å². The van der Waals surface area contributed by atoms with Crippen LogP contribution in [0.4, 0.5) is 11.4 Å². The van der Waals surface area contributed by atoms with E-state index >= 15 is 0 Å². The topological polar surface area (TPSA) is 117 Å². The Bertz CT molecular complexity index is 1350. The second-order valence-electron chi connectivity index (χ2n) is 9.53. The molecule has 10 nitrogen and oxygen atoms in total. The zero-order valence-electron chi connectivity index (χ0n) is 24.3. The minimum Gasteiger partial charge on any atom is -0.494 e. The van der Waals surface area contributed by atoms with Gasteiger partial charge >= 0.3 is 0 Å². The van der Waals surface area contributed by atoms with Crippen molar-refractivity contribution in [3.63, 3.8) is 0 Å². The lowest BCUT2D eigenvalue weighted by Crippen LogP contribution is -2.31. The number of hydrogen-bond donors (Lipinski definition) is 2. The quantitative estimate of drug-likeness (QED) is 0.195. The molecule has 14 heteroatoms. The van der Waals surface area contributed by atoms with Gasteiger partial charge in [-0.2, -0.15) is 0 Å². The number of anilines is 2. The second kappa shape index (κ2) is 16.0. The van der Waals surface area contributed by atoms with Gasteiger partial charge in [-0.05, 0) is 75.2 Å².